The Labute approximate surface area is 123 Å². The summed E-state index contributed by atoms with van der Waals surface area (Å²) in [5, 5.41) is 0. The highest BCUT2D eigenvalue weighted by Crippen LogP contribution is 2.16. The van der Waals surface area contributed by atoms with Gasteiger partial charge in [0.1, 0.15) is 5.56 Å². The van der Waals surface area contributed by atoms with Crippen molar-refractivity contribution in [1.29, 1.82) is 0 Å². The van der Waals surface area contributed by atoms with Gasteiger partial charge in [-0.2, -0.15) is 0 Å². The number of nitrogens with one attached hydrogen (secondary N) is 1. The van der Waals surface area contributed by atoms with Crippen LogP contribution in [-0.2, 0) is 11.2 Å². The van der Waals surface area contributed by atoms with E-state index in [1.807, 2.05) is 0 Å². The number of carbonyl (C=O) groups is 1. The van der Waals surface area contributed by atoms with E-state index in [0.717, 1.165) is 11.3 Å². The molecule has 0 atom stereocenters. The number of methoxy groups -OCH3 is 1. The van der Waals surface area contributed by atoms with Crippen LogP contribution in [0.1, 0.15) is 46.9 Å². The average Bonchev–Trinajstić information content (AvgIpc) is 2.47. The molecule has 0 saturated heterocycles. The van der Waals surface area contributed by atoms with Crippen LogP contribution in [0.3, 0.4) is 0 Å². The lowest BCUT2D eigenvalue weighted by Crippen LogP contribution is -2.19. The van der Waals surface area contributed by atoms with Crippen LogP contribution in [0, 0.1) is 0 Å². The van der Waals surface area contributed by atoms with Crippen molar-refractivity contribution in [3.05, 3.63) is 69.1 Å². The lowest BCUT2D eigenvalue weighted by Gasteiger charge is -2.07. The Morgan fingerprint density at radius 2 is 1.81 bits per heavy atom. The van der Waals surface area contributed by atoms with Gasteiger partial charge < -0.3 is 9.72 Å². The number of rotatable bonds is 4. The maximum atomic E-state index is 11.8. The molecule has 2 rings (SSSR count). The molecule has 0 bridgehead atoms. The molecule has 1 N–H and O–H groups in total. The van der Waals surface area contributed by atoms with E-state index in [1.54, 1.807) is 6.07 Å². The smallest absolute Gasteiger partial charge is 0.343 e. The lowest BCUT2D eigenvalue weighted by atomic mass is 10.00. The number of aromatic amines is 1. The van der Waals surface area contributed by atoms with Crippen molar-refractivity contribution in [2.45, 2.75) is 26.2 Å². The SMILES string of the molecule is COC(=O)c1ccc(Cc2ccc(C(C)C)cc2)[nH]c1=O. The number of aromatic nitrogens is 1. The number of benzene rings is 1. The highest BCUT2D eigenvalue weighted by atomic mass is 16.5. The van der Waals surface area contributed by atoms with Crippen molar-refractivity contribution in [1.82, 2.24) is 4.98 Å². The van der Waals surface area contributed by atoms with Crippen LogP contribution in [-0.4, -0.2) is 18.1 Å². The number of hydrogen-bond donors (Lipinski definition) is 1. The Kier molecular flexibility index (Phi) is 4.58. The number of ether oxygens (including phenoxy) is 1. The highest BCUT2D eigenvalue weighted by molar-refractivity contribution is 5.88. The summed E-state index contributed by atoms with van der Waals surface area (Å²) in [6.07, 6.45) is 0.620. The largest absolute Gasteiger partial charge is 0.465 e. The molecule has 21 heavy (non-hydrogen) atoms. The minimum Gasteiger partial charge on any atom is -0.465 e. The van der Waals surface area contributed by atoms with E-state index in [9.17, 15) is 9.59 Å². The molecule has 2 aromatic rings. The minimum atomic E-state index is -0.621. The van der Waals surface area contributed by atoms with E-state index in [-0.39, 0.29) is 5.56 Å². The van der Waals surface area contributed by atoms with Crippen molar-refractivity contribution in [2.24, 2.45) is 0 Å². The van der Waals surface area contributed by atoms with Gasteiger partial charge in [0.15, 0.2) is 0 Å². The van der Waals surface area contributed by atoms with E-state index in [1.165, 1.54) is 18.7 Å². The van der Waals surface area contributed by atoms with Crippen LogP contribution >= 0.6 is 0 Å². The third-order valence-electron chi connectivity index (χ3n) is 3.42. The molecule has 0 spiro atoms. The Balaban J connectivity index is 2.18. The lowest BCUT2D eigenvalue weighted by molar-refractivity contribution is 0.0598. The second-order valence-electron chi connectivity index (χ2n) is 5.29. The first kappa shape index (κ1) is 15.0. The van der Waals surface area contributed by atoms with Crippen molar-refractivity contribution >= 4 is 5.97 Å². The van der Waals surface area contributed by atoms with Crippen LogP contribution in [0.4, 0.5) is 0 Å². The van der Waals surface area contributed by atoms with Gasteiger partial charge in [0.05, 0.1) is 7.11 Å². The summed E-state index contributed by atoms with van der Waals surface area (Å²) in [6, 6.07) is 11.6. The number of esters is 1. The third-order valence-corrected chi connectivity index (χ3v) is 3.42. The van der Waals surface area contributed by atoms with Crippen molar-refractivity contribution < 1.29 is 9.53 Å². The maximum absolute atomic E-state index is 11.8. The molecular formula is C17H19NO3. The van der Waals surface area contributed by atoms with Crippen LogP contribution in [0.25, 0.3) is 0 Å². The first-order chi connectivity index (χ1) is 10.0. The molecule has 1 aromatic heterocycles. The Morgan fingerprint density at radius 3 is 2.33 bits per heavy atom. The Bertz CT molecular complexity index is 684. The standard InChI is InChI=1S/C17H19NO3/c1-11(2)13-6-4-12(5-7-13)10-14-8-9-15(16(19)18-14)17(20)21-3/h4-9,11H,10H2,1-3H3,(H,18,19). The molecule has 1 aromatic carbocycles. The molecule has 4 heteroatoms. The van der Waals surface area contributed by atoms with Crippen LogP contribution in [0.15, 0.2) is 41.2 Å². The maximum Gasteiger partial charge on any atom is 0.343 e. The molecule has 0 radical (unpaired) electrons. The first-order valence-electron chi connectivity index (χ1n) is 6.90. The van der Waals surface area contributed by atoms with Crippen molar-refractivity contribution in [3.8, 4) is 0 Å². The zero-order chi connectivity index (χ0) is 15.4. The molecule has 0 amide bonds. The number of H-pyrrole nitrogens is 1. The molecule has 0 aliphatic heterocycles. The predicted octanol–water partition coefficient (Wildman–Crippen LogP) is 2.88. The van der Waals surface area contributed by atoms with Gasteiger partial charge in [0.2, 0.25) is 0 Å². The average molecular weight is 285 g/mol. The van der Waals surface area contributed by atoms with E-state index in [0.29, 0.717) is 12.3 Å². The van der Waals surface area contributed by atoms with Gasteiger partial charge in [-0.05, 0) is 29.2 Å². The summed E-state index contributed by atoms with van der Waals surface area (Å²) in [7, 11) is 1.26. The molecule has 0 saturated carbocycles. The fourth-order valence-electron chi connectivity index (χ4n) is 2.13. The van der Waals surface area contributed by atoms with E-state index in [2.05, 4.69) is 47.8 Å². The van der Waals surface area contributed by atoms with Crippen molar-refractivity contribution in [3.63, 3.8) is 0 Å². The number of carbonyl (C=O) groups excluding carboxylic acids is 1. The van der Waals surface area contributed by atoms with Crippen molar-refractivity contribution in [2.75, 3.05) is 7.11 Å². The van der Waals surface area contributed by atoms with Gasteiger partial charge in [-0.15, -0.1) is 0 Å². The highest BCUT2D eigenvalue weighted by Gasteiger charge is 2.10. The molecule has 0 aliphatic rings. The first-order valence-corrected chi connectivity index (χ1v) is 6.90. The summed E-state index contributed by atoms with van der Waals surface area (Å²) >= 11 is 0. The normalized spacial score (nSPS) is 10.7. The fraction of sp³-hybridized carbons (Fsp3) is 0.294. The Morgan fingerprint density at radius 1 is 1.14 bits per heavy atom. The molecule has 0 fully saturated rings. The quantitative estimate of drug-likeness (QED) is 0.879. The van der Waals surface area contributed by atoms with Gasteiger partial charge in [-0.25, -0.2) is 4.79 Å². The van der Waals surface area contributed by atoms with Gasteiger partial charge in [-0.3, -0.25) is 4.79 Å². The van der Waals surface area contributed by atoms with Gasteiger partial charge >= 0.3 is 5.97 Å². The second-order valence-corrected chi connectivity index (χ2v) is 5.29. The summed E-state index contributed by atoms with van der Waals surface area (Å²) in [5.74, 6) is -0.123. The van der Waals surface area contributed by atoms with Crippen LogP contribution < -0.4 is 5.56 Å². The number of pyridine rings is 1. The van der Waals surface area contributed by atoms with E-state index < -0.39 is 11.5 Å². The monoisotopic (exact) mass is 285 g/mol. The molecular weight excluding hydrogens is 266 g/mol. The molecule has 0 aliphatic carbocycles. The zero-order valence-corrected chi connectivity index (χ0v) is 12.5. The van der Waals surface area contributed by atoms with Crippen LogP contribution in [0.5, 0.6) is 0 Å². The number of hydrogen-bond acceptors (Lipinski definition) is 3. The van der Waals surface area contributed by atoms with Gasteiger partial charge in [0, 0.05) is 12.1 Å². The van der Waals surface area contributed by atoms with Crippen LogP contribution in [0.2, 0.25) is 0 Å². The van der Waals surface area contributed by atoms with E-state index in [4.69, 9.17) is 0 Å². The summed E-state index contributed by atoms with van der Waals surface area (Å²) in [5.41, 5.74) is 2.77. The zero-order valence-electron chi connectivity index (χ0n) is 12.5. The summed E-state index contributed by atoms with van der Waals surface area (Å²) < 4.78 is 4.55. The summed E-state index contributed by atoms with van der Waals surface area (Å²) in [4.78, 5) is 25.9. The second kappa shape index (κ2) is 6.39. The summed E-state index contributed by atoms with van der Waals surface area (Å²) in [6.45, 7) is 4.30. The Hall–Kier alpha value is -2.36. The van der Waals surface area contributed by atoms with Gasteiger partial charge in [-0.1, -0.05) is 38.1 Å². The predicted molar refractivity (Wildman–Crippen MR) is 81.7 cm³/mol. The third kappa shape index (κ3) is 3.60. The molecule has 110 valence electrons. The molecule has 1 heterocycles. The fourth-order valence-corrected chi connectivity index (χ4v) is 2.13. The topological polar surface area (TPSA) is 59.2 Å². The van der Waals surface area contributed by atoms with Gasteiger partial charge in [0.25, 0.3) is 5.56 Å². The molecule has 4 nitrogen and oxygen atoms in total. The van der Waals surface area contributed by atoms with E-state index >= 15 is 0 Å². The molecule has 0 unspecified atom stereocenters. The minimum absolute atomic E-state index is 0.0244.